The van der Waals surface area contributed by atoms with Crippen molar-refractivity contribution in [2.24, 2.45) is 23.7 Å². The molecule has 0 aromatic rings. The zero-order valence-corrected chi connectivity index (χ0v) is 18.1. The number of aliphatic carboxylic acids is 2. The van der Waals surface area contributed by atoms with Gasteiger partial charge in [-0.1, -0.05) is 65.2 Å². The average molecular weight is 393 g/mol. The molecule has 0 heterocycles. The Morgan fingerprint density at radius 1 is 0.741 bits per heavy atom. The largest absolute Gasteiger partial charge is 2.00 e. The number of carbonyl (C=O) groups is 2. The fraction of sp³-hybridized carbons (Fsp3) is 0.900. The first-order valence-corrected chi connectivity index (χ1v) is 10.1. The van der Waals surface area contributed by atoms with Crippen LogP contribution in [0.4, 0.5) is 0 Å². The number of hydrogen-bond acceptors (Lipinski definition) is 6. The van der Waals surface area contributed by atoms with Crippen LogP contribution in [0.15, 0.2) is 0 Å². The van der Waals surface area contributed by atoms with Crippen LogP contribution in [0, 0.1) is 23.7 Å². The molecule has 27 heavy (non-hydrogen) atoms. The maximum Gasteiger partial charge on any atom is 2.00 e. The predicted molar refractivity (Wildman–Crippen MR) is 94.8 cm³/mol. The van der Waals surface area contributed by atoms with E-state index in [1.54, 1.807) is 0 Å². The van der Waals surface area contributed by atoms with E-state index in [4.69, 9.17) is 0 Å². The van der Waals surface area contributed by atoms with Gasteiger partial charge in [0.1, 0.15) is 0 Å². The summed E-state index contributed by atoms with van der Waals surface area (Å²) in [5.74, 6) is -3.52. The van der Waals surface area contributed by atoms with E-state index in [1.807, 2.05) is 13.8 Å². The standard InChI is InChI=1S/2C10H17O3.Mg/c2*1-2-7(10(12)13)8-5-3-4-6-9(8)11;/h2*7-9H,2-6H2,1H3,(H,12,13);/q2*-1;+2/p-2. The van der Waals surface area contributed by atoms with Crippen molar-refractivity contribution in [3.63, 3.8) is 0 Å². The summed E-state index contributed by atoms with van der Waals surface area (Å²) in [5.41, 5.74) is 0. The van der Waals surface area contributed by atoms with Crippen molar-refractivity contribution in [3.05, 3.63) is 0 Å². The second-order valence-electron chi connectivity index (χ2n) is 7.64. The van der Waals surface area contributed by atoms with Crippen LogP contribution < -0.4 is 20.4 Å². The van der Waals surface area contributed by atoms with E-state index in [9.17, 15) is 30.0 Å². The first-order valence-electron chi connectivity index (χ1n) is 10.1. The molecule has 0 aromatic carbocycles. The number of hydrogen-bond donors (Lipinski definition) is 0. The summed E-state index contributed by atoms with van der Waals surface area (Å²) in [4.78, 5) is 21.5. The molecule has 6 nitrogen and oxygen atoms in total. The summed E-state index contributed by atoms with van der Waals surface area (Å²) in [6.45, 7) is 3.61. The van der Waals surface area contributed by atoms with Crippen molar-refractivity contribution in [1.82, 2.24) is 0 Å². The molecule has 0 saturated heterocycles. The molecule has 7 heteroatoms. The summed E-state index contributed by atoms with van der Waals surface area (Å²) in [6.07, 6.45) is 6.36. The molecule has 0 radical (unpaired) electrons. The van der Waals surface area contributed by atoms with Crippen LogP contribution >= 0.6 is 0 Å². The van der Waals surface area contributed by atoms with E-state index in [1.165, 1.54) is 0 Å². The van der Waals surface area contributed by atoms with Crippen molar-refractivity contribution in [1.29, 1.82) is 0 Å². The Morgan fingerprint density at radius 3 is 1.26 bits per heavy atom. The number of carboxylic acids is 2. The normalized spacial score (nSPS) is 30.1. The van der Waals surface area contributed by atoms with Gasteiger partial charge in [-0.05, 0) is 24.7 Å². The van der Waals surface area contributed by atoms with Gasteiger partial charge in [-0.3, -0.25) is 0 Å². The van der Waals surface area contributed by atoms with Gasteiger partial charge < -0.3 is 30.0 Å². The summed E-state index contributed by atoms with van der Waals surface area (Å²) >= 11 is 0. The van der Waals surface area contributed by atoms with E-state index < -0.39 is 36.0 Å². The zero-order chi connectivity index (χ0) is 19.7. The molecule has 2 rings (SSSR count). The van der Waals surface area contributed by atoms with Crippen molar-refractivity contribution >= 4 is 35.0 Å². The molecular weight excluding hydrogens is 361 g/mol. The SMILES string of the molecule is CCC(C(=O)[O-])C1CCCCC1[O-].CCC(C(=O)[O-])C1CCCCC1[O-].[Mg+2]. The molecule has 2 aliphatic carbocycles. The Kier molecular flexibility index (Phi) is 13.6. The fourth-order valence-electron chi connectivity index (χ4n) is 4.46. The molecule has 6 unspecified atom stereocenters. The second-order valence-corrected chi connectivity index (χ2v) is 7.64. The van der Waals surface area contributed by atoms with Gasteiger partial charge in [-0.2, -0.15) is 0 Å². The zero-order valence-electron chi connectivity index (χ0n) is 16.7. The molecule has 0 spiro atoms. The summed E-state index contributed by atoms with van der Waals surface area (Å²) in [6, 6.07) is 0. The molecule has 0 aromatic heterocycles. The molecule has 6 atom stereocenters. The van der Waals surface area contributed by atoms with Crippen LogP contribution in [-0.4, -0.2) is 47.2 Å². The smallest absolute Gasteiger partial charge is 0.852 e. The Bertz CT molecular complexity index is 404. The van der Waals surface area contributed by atoms with Gasteiger partial charge in [0.25, 0.3) is 0 Å². The number of carboxylic acid groups (broad SMARTS) is 2. The third kappa shape index (κ3) is 8.26. The van der Waals surface area contributed by atoms with Crippen LogP contribution in [0.5, 0.6) is 0 Å². The maximum absolute atomic E-state index is 11.5. The van der Waals surface area contributed by atoms with E-state index >= 15 is 0 Å². The first kappa shape index (κ1) is 26.6. The van der Waals surface area contributed by atoms with Gasteiger partial charge in [-0.25, -0.2) is 0 Å². The van der Waals surface area contributed by atoms with Crippen molar-refractivity contribution < 1.29 is 30.0 Å². The number of carbonyl (C=O) groups excluding carboxylic acids is 2. The molecule has 152 valence electrons. The van der Waals surface area contributed by atoms with Crippen LogP contribution in [0.3, 0.4) is 0 Å². The third-order valence-corrected chi connectivity index (χ3v) is 6.03. The van der Waals surface area contributed by atoms with Gasteiger partial charge in [0.05, 0.1) is 0 Å². The minimum atomic E-state index is -1.05. The fourth-order valence-corrected chi connectivity index (χ4v) is 4.46. The van der Waals surface area contributed by atoms with Crippen LogP contribution in [0.25, 0.3) is 0 Å². The predicted octanol–water partition coefficient (Wildman–Crippen LogP) is -1.02. The van der Waals surface area contributed by atoms with Gasteiger partial charge in [-0.15, -0.1) is 12.2 Å². The second kappa shape index (κ2) is 13.7. The van der Waals surface area contributed by atoms with Gasteiger partial charge in [0.2, 0.25) is 0 Å². The van der Waals surface area contributed by atoms with Crippen LogP contribution in [0.2, 0.25) is 0 Å². The van der Waals surface area contributed by atoms with Gasteiger partial charge >= 0.3 is 23.1 Å². The monoisotopic (exact) mass is 392 g/mol. The third-order valence-electron chi connectivity index (χ3n) is 6.03. The molecule has 0 amide bonds. The van der Waals surface area contributed by atoms with Crippen LogP contribution in [0.1, 0.15) is 78.1 Å². The molecule has 0 aliphatic heterocycles. The van der Waals surface area contributed by atoms with Crippen molar-refractivity contribution in [2.45, 2.75) is 90.3 Å². The molecule has 2 aliphatic rings. The minimum Gasteiger partial charge on any atom is -0.852 e. The Balaban J connectivity index is 0.000000483. The minimum absolute atomic E-state index is 0. The van der Waals surface area contributed by atoms with Gasteiger partial charge in [0, 0.05) is 23.8 Å². The quantitative estimate of drug-likeness (QED) is 0.532. The maximum atomic E-state index is 11.5. The first-order chi connectivity index (χ1) is 12.3. The van der Waals surface area contributed by atoms with E-state index in [0.29, 0.717) is 25.7 Å². The summed E-state index contributed by atoms with van der Waals surface area (Å²) in [5, 5.41) is 44.4. The van der Waals surface area contributed by atoms with E-state index in [2.05, 4.69) is 0 Å². The Morgan fingerprint density at radius 2 is 1.04 bits per heavy atom. The summed E-state index contributed by atoms with van der Waals surface area (Å²) in [7, 11) is 0. The topological polar surface area (TPSA) is 126 Å². The van der Waals surface area contributed by atoms with Crippen LogP contribution in [-0.2, 0) is 9.59 Å². The average Bonchev–Trinajstić information content (AvgIpc) is 2.59. The molecule has 0 N–H and O–H groups in total. The van der Waals surface area contributed by atoms with E-state index in [0.717, 1.165) is 38.5 Å². The Labute approximate surface area is 178 Å². The number of rotatable bonds is 6. The summed E-state index contributed by atoms with van der Waals surface area (Å²) < 4.78 is 0. The molecule has 2 saturated carbocycles. The Hall–Kier alpha value is -0.374. The molecule has 0 bridgehead atoms. The van der Waals surface area contributed by atoms with Crippen molar-refractivity contribution in [2.75, 3.05) is 0 Å². The molecular formula is C20H32MgO6-2. The van der Waals surface area contributed by atoms with Crippen molar-refractivity contribution in [3.8, 4) is 0 Å². The van der Waals surface area contributed by atoms with E-state index in [-0.39, 0.29) is 34.9 Å². The van der Waals surface area contributed by atoms with Gasteiger partial charge in [0.15, 0.2) is 0 Å². The molecule has 2 fully saturated rings.